The van der Waals surface area contributed by atoms with E-state index in [9.17, 15) is 9.59 Å². The van der Waals surface area contributed by atoms with E-state index < -0.39 is 0 Å². The number of aromatic nitrogens is 1. The van der Waals surface area contributed by atoms with Crippen LogP contribution in [0.4, 0.5) is 0 Å². The van der Waals surface area contributed by atoms with Gasteiger partial charge in [0.1, 0.15) is 5.69 Å². The highest BCUT2D eigenvalue weighted by molar-refractivity contribution is 9.10. The predicted molar refractivity (Wildman–Crippen MR) is 97.4 cm³/mol. The number of amides is 1. The number of aryl methyl sites for hydroxylation is 1. The predicted octanol–water partition coefficient (Wildman–Crippen LogP) is 4.49. The van der Waals surface area contributed by atoms with Crippen LogP contribution in [0.15, 0.2) is 28.7 Å². The molecule has 1 aliphatic rings. The average molecular weight is 389 g/mol. The zero-order valence-corrected chi connectivity index (χ0v) is 15.5. The summed E-state index contributed by atoms with van der Waals surface area (Å²) in [6, 6.07) is 7.91. The maximum Gasteiger partial charge on any atom is 0.268 e. The lowest BCUT2D eigenvalue weighted by molar-refractivity contribution is 0.0929. The van der Waals surface area contributed by atoms with E-state index in [1.165, 1.54) is 0 Å². The van der Waals surface area contributed by atoms with Crippen molar-refractivity contribution < 1.29 is 9.59 Å². The van der Waals surface area contributed by atoms with Gasteiger partial charge in [-0.05, 0) is 49.4 Å². The quantitative estimate of drug-likeness (QED) is 0.810. The summed E-state index contributed by atoms with van der Waals surface area (Å²) >= 11 is 3.43. The standard InChI is InChI=1S/C19H21BrN2O2/c1-3-14(12-7-9-13(20)10-8-12)22-19(24)18-11(2)17-15(21-18)5-4-6-16(17)23/h7-10,14,21H,3-6H2,1-2H3,(H,22,24). The van der Waals surface area contributed by atoms with Gasteiger partial charge in [0.15, 0.2) is 5.78 Å². The number of H-pyrrole nitrogens is 1. The number of halogens is 1. The van der Waals surface area contributed by atoms with E-state index in [0.29, 0.717) is 12.1 Å². The number of carbonyl (C=O) groups is 2. The first-order valence-corrected chi connectivity index (χ1v) is 9.11. The Morgan fingerprint density at radius 1 is 1.29 bits per heavy atom. The summed E-state index contributed by atoms with van der Waals surface area (Å²) in [7, 11) is 0. The van der Waals surface area contributed by atoms with Crippen LogP contribution in [0.1, 0.15) is 69.9 Å². The molecule has 0 fully saturated rings. The molecule has 2 N–H and O–H groups in total. The molecule has 1 aliphatic carbocycles. The molecule has 3 rings (SSSR count). The van der Waals surface area contributed by atoms with E-state index in [-0.39, 0.29) is 17.7 Å². The number of rotatable bonds is 4. The third-order valence-electron chi connectivity index (χ3n) is 4.65. The molecule has 1 unspecified atom stereocenters. The first-order chi connectivity index (χ1) is 11.5. The summed E-state index contributed by atoms with van der Waals surface area (Å²) in [5, 5.41) is 3.09. The normalized spacial score (nSPS) is 15.0. The highest BCUT2D eigenvalue weighted by Gasteiger charge is 2.27. The van der Waals surface area contributed by atoms with Crippen LogP contribution >= 0.6 is 15.9 Å². The number of ketones is 1. The minimum Gasteiger partial charge on any atom is -0.354 e. The van der Waals surface area contributed by atoms with Crippen LogP contribution in [-0.4, -0.2) is 16.7 Å². The second-order valence-electron chi connectivity index (χ2n) is 6.24. The lowest BCUT2D eigenvalue weighted by Gasteiger charge is -2.17. The van der Waals surface area contributed by atoms with Crippen LogP contribution in [0.5, 0.6) is 0 Å². The van der Waals surface area contributed by atoms with Crippen LogP contribution < -0.4 is 5.32 Å². The zero-order valence-electron chi connectivity index (χ0n) is 13.9. The Hall–Kier alpha value is -1.88. The van der Waals surface area contributed by atoms with E-state index in [0.717, 1.165) is 46.1 Å². The number of hydrogen-bond acceptors (Lipinski definition) is 2. The Morgan fingerprint density at radius 2 is 2.00 bits per heavy atom. The summed E-state index contributed by atoms with van der Waals surface area (Å²) in [4.78, 5) is 28.0. The molecule has 5 heteroatoms. The second kappa shape index (κ2) is 6.93. The molecule has 2 aromatic rings. The third kappa shape index (κ3) is 3.18. The molecule has 0 spiro atoms. The molecule has 1 amide bonds. The van der Waals surface area contributed by atoms with Gasteiger partial charge in [0.05, 0.1) is 6.04 Å². The number of benzene rings is 1. The molecule has 24 heavy (non-hydrogen) atoms. The fourth-order valence-electron chi connectivity index (χ4n) is 3.35. The summed E-state index contributed by atoms with van der Waals surface area (Å²) in [5.74, 6) is -0.00605. The van der Waals surface area contributed by atoms with Gasteiger partial charge >= 0.3 is 0 Å². The fraction of sp³-hybridized carbons (Fsp3) is 0.368. The van der Waals surface area contributed by atoms with Crippen molar-refractivity contribution in [1.82, 2.24) is 10.3 Å². The van der Waals surface area contributed by atoms with Crippen molar-refractivity contribution in [2.45, 2.75) is 45.6 Å². The van der Waals surface area contributed by atoms with Gasteiger partial charge in [0.25, 0.3) is 5.91 Å². The molecule has 0 bridgehead atoms. The van der Waals surface area contributed by atoms with Crippen LogP contribution in [0.3, 0.4) is 0 Å². The van der Waals surface area contributed by atoms with Crippen molar-refractivity contribution >= 4 is 27.6 Å². The maximum absolute atomic E-state index is 12.7. The number of Topliss-reactive ketones (excluding diaryl/α,β-unsaturated/α-hetero) is 1. The Morgan fingerprint density at radius 3 is 2.62 bits per heavy atom. The van der Waals surface area contributed by atoms with Crippen LogP contribution in [0, 0.1) is 6.92 Å². The smallest absolute Gasteiger partial charge is 0.268 e. The van der Waals surface area contributed by atoms with Gasteiger partial charge in [0.2, 0.25) is 0 Å². The molecule has 1 aromatic carbocycles. The van der Waals surface area contributed by atoms with E-state index >= 15 is 0 Å². The van der Waals surface area contributed by atoms with Gasteiger partial charge in [-0.2, -0.15) is 0 Å². The molecular formula is C19H21BrN2O2. The average Bonchev–Trinajstić information content (AvgIpc) is 2.92. The molecule has 1 atom stereocenters. The fourth-order valence-corrected chi connectivity index (χ4v) is 3.61. The highest BCUT2D eigenvalue weighted by Crippen LogP contribution is 2.27. The van der Waals surface area contributed by atoms with Crippen molar-refractivity contribution in [3.8, 4) is 0 Å². The second-order valence-corrected chi connectivity index (χ2v) is 7.16. The van der Waals surface area contributed by atoms with Gasteiger partial charge in [0, 0.05) is 22.2 Å². The number of fused-ring (bicyclic) bond motifs is 1. The van der Waals surface area contributed by atoms with Crippen molar-refractivity contribution in [3.05, 3.63) is 56.8 Å². The highest BCUT2D eigenvalue weighted by atomic mass is 79.9. The Balaban J connectivity index is 1.84. The van der Waals surface area contributed by atoms with E-state index in [2.05, 4.69) is 26.2 Å². The molecular weight excluding hydrogens is 368 g/mol. The van der Waals surface area contributed by atoms with E-state index in [1.54, 1.807) is 0 Å². The largest absolute Gasteiger partial charge is 0.354 e. The van der Waals surface area contributed by atoms with Crippen LogP contribution in [-0.2, 0) is 6.42 Å². The van der Waals surface area contributed by atoms with Crippen molar-refractivity contribution in [1.29, 1.82) is 0 Å². The molecule has 0 aliphatic heterocycles. The lowest BCUT2D eigenvalue weighted by Crippen LogP contribution is -2.29. The lowest BCUT2D eigenvalue weighted by atomic mass is 9.93. The van der Waals surface area contributed by atoms with Crippen molar-refractivity contribution in [3.63, 3.8) is 0 Å². The number of aromatic amines is 1. The van der Waals surface area contributed by atoms with Crippen molar-refractivity contribution in [2.24, 2.45) is 0 Å². The zero-order chi connectivity index (χ0) is 17.3. The first-order valence-electron chi connectivity index (χ1n) is 8.32. The first kappa shape index (κ1) is 17.0. The molecule has 1 heterocycles. The summed E-state index contributed by atoms with van der Waals surface area (Å²) < 4.78 is 1.01. The summed E-state index contributed by atoms with van der Waals surface area (Å²) in [6.45, 7) is 3.90. The molecule has 1 aromatic heterocycles. The monoisotopic (exact) mass is 388 g/mol. The topological polar surface area (TPSA) is 62.0 Å². The number of hydrogen-bond donors (Lipinski definition) is 2. The van der Waals surface area contributed by atoms with Crippen LogP contribution in [0.2, 0.25) is 0 Å². The third-order valence-corrected chi connectivity index (χ3v) is 5.18. The van der Waals surface area contributed by atoms with Gasteiger partial charge in [-0.15, -0.1) is 0 Å². The van der Waals surface area contributed by atoms with E-state index in [1.807, 2.05) is 38.1 Å². The minimum atomic E-state index is -0.149. The minimum absolute atomic E-state index is 0.0546. The Labute approximate surface area is 150 Å². The number of nitrogens with one attached hydrogen (secondary N) is 2. The maximum atomic E-state index is 12.7. The summed E-state index contributed by atoms with van der Waals surface area (Å²) in [6.07, 6.45) is 3.05. The van der Waals surface area contributed by atoms with Gasteiger partial charge < -0.3 is 10.3 Å². The van der Waals surface area contributed by atoms with Gasteiger partial charge in [-0.3, -0.25) is 9.59 Å². The SMILES string of the molecule is CCC(NC(=O)c1[nH]c2c(c1C)C(=O)CCC2)c1ccc(Br)cc1. The number of carbonyl (C=O) groups excluding carboxylic acids is 2. The van der Waals surface area contributed by atoms with Crippen molar-refractivity contribution in [2.75, 3.05) is 0 Å². The van der Waals surface area contributed by atoms with Crippen LogP contribution in [0.25, 0.3) is 0 Å². The molecule has 4 nitrogen and oxygen atoms in total. The van der Waals surface area contributed by atoms with Gasteiger partial charge in [-0.1, -0.05) is 35.0 Å². The van der Waals surface area contributed by atoms with E-state index in [4.69, 9.17) is 0 Å². The van der Waals surface area contributed by atoms with Gasteiger partial charge in [-0.25, -0.2) is 0 Å². The molecule has 0 saturated carbocycles. The Kier molecular flexibility index (Phi) is 4.90. The molecule has 0 radical (unpaired) electrons. The Bertz CT molecular complexity index is 777. The molecule has 0 saturated heterocycles. The summed E-state index contributed by atoms with van der Waals surface area (Å²) in [5.41, 5.74) is 4.00. The molecule has 126 valence electrons.